The molecule has 0 radical (unpaired) electrons. The molecular formula is C18H31N5O3. The number of hydrogen-bond acceptors (Lipinski definition) is 6. The Morgan fingerprint density at radius 3 is 2.38 bits per heavy atom. The van der Waals surface area contributed by atoms with E-state index < -0.39 is 0 Å². The number of aromatic nitrogens is 1. The van der Waals surface area contributed by atoms with E-state index in [9.17, 15) is 9.59 Å². The van der Waals surface area contributed by atoms with Gasteiger partial charge in [-0.3, -0.25) is 19.4 Å². The SMILES string of the molecule is Cc1cc(CN2CCN(CC(=O)N(C)CC(=O)NC(C)(C)C)CC2)no1. The fraction of sp³-hybridized carbons (Fsp3) is 0.722. The fourth-order valence-corrected chi connectivity index (χ4v) is 2.90. The van der Waals surface area contributed by atoms with Crippen molar-refractivity contribution in [3.8, 4) is 0 Å². The Balaban J connectivity index is 1.70. The van der Waals surface area contributed by atoms with Gasteiger partial charge in [0.25, 0.3) is 0 Å². The highest BCUT2D eigenvalue weighted by molar-refractivity contribution is 5.85. The van der Waals surface area contributed by atoms with Gasteiger partial charge >= 0.3 is 0 Å². The molecule has 8 heteroatoms. The van der Waals surface area contributed by atoms with Crippen LogP contribution in [-0.4, -0.2) is 83.5 Å². The average Bonchev–Trinajstić information content (AvgIpc) is 2.92. The molecule has 0 bridgehead atoms. The van der Waals surface area contributed by atoms with E-state index in [0.29, 0.717) is 6.54 Å². The van der Waals surface area contributed by atoms with Crippen LogP contribution in [0.1, 0.15) is 32.2 Å². The van der Waals surface area contributed by atoms with Crippen molar-refractivity contribution < 1.29 is 14.1 Å². The monoisotopic (exact) mass is 365 g/mol. The number of hydrogen-bond donors (Lipinski definition) is 1. The molecule has 0 atom stereocenters. The van der Waals surface area contributed by atoms with Gasteiger partial charge in [0.1, 0.15) is 5.76 Å². The molecule has 1 fully saturated rings. The number of nitrogens with one attached hydrogen (secondary N) is 1. The van der Waals surface area contributed by atoms with Crippen LogP contribution in [0.4, 0.5) is 0 Å². The molecule has 8 nitrogen and oxygen atoms in total. The summed E-state index contributed by atoms with van der Waals surface area (Å²) in [5, 5.41) is 6.90. The first-order valence-electron chi connectivity index (χ1n) is 9.04. The van der Waals surface area contributed by atoms with Crippen LogP contribution < -0.4 is 5.32 Å². The summed E-state index contributed by atoms with van der Waals surface area (Å²) in [5.74, 6) is 0.651. The second-order valence-corrected chi connectivity index (χ2v) is 8.03. The van der Waals surface area contributed by atoms with E-state index in [0.717, 1.165) is 44.2 Å². The number of aryl methyl sites for hydroxylation is 1. The van der Waals surface area contributed by atoms with Gasteiger partial charge in [0.2, 0.25) is 11.8 Å². The number of amides is 2. The smallest absolute Gasteiger partial charge is 0.240 e. The van der Waals surface area contributed by atoms with Crippen LogP contribution in [0.25, 0.3) is 0 Å². The molecule has 1 saturated heterocycles. The molecule has 2 rings (SSSR count). The minimum Gasteiger partial charge on any atom is -0.361 e. The molecule has 0 aromatic carbocycles. The Morgan fingerprint density at radius 1 is 1.23 bits per heavy atom. The van der Waals surface area contributed by atoms with Gasteiger partial charge in [-0.1, -0.05) is 5.16 Å². The molecule has 0 saturated carbocycles. The molecule has 146 valence electrons. The lowest BCUT2D eigenvalue weighted by Crippen LogP contribution is -2.51. The second kappa shape index (κ2) is 8.64. The summed E-state index contributed by atoms with van der Waals surface area (Å²) in [6.45, 7) is 12.3. The van der Waals surface area contributed by atoms with Crippen molar-refractivity contribution in [2.45, 2.75) is 39.8 Å². The third kappa shape index (κ3) is 6.76. The molecule has 0 aliphatic carbocycles. The zero-order valence-corrected chi connectivity index (χ0v) is 16.5. The maximum atomic E-state index is 12.4. The van der Waals surface area contributed by atoms with Crippen LogP contribution in [0, 0.1) is 6.92 Å². The highest BCUT2D eigenvalue weighted by Crippen LogP contribution is 2.09. The van der Waals surface area contributed by atoms with E-state index in [1.165, 1.54) is 4.90 Å². The maximum Gasteiger partial charge on any atom is 0.240 e. The van der Waals surface area contributed by atoms with Crippen LogP contribution in [0.3, 0.4) is 0 Å². The van der Waals surface area contributed by atoms with E-state index in [4.69, 9.17) is 4.52 Å². The zero-order chi connectivity index (χ0) is 19.3. The topological polar surface area (TPSA) is 81.9 Å². The van der Waals surface area contributed by atoms with Crippen molar-refractivity contribution in [2.24, 2.45) is 0 Å². The first-order valence-corrected chi connectivity index (χ1v) is 9.04. The van der Waals surface area contributed by atoms with Gasteiger partial charge in [0.15, 0.2) is 0 Å². The van der Waals surface area contributed by atoms with Gasteiger partial charge in [-0.25, -0.2) is 0 Å². The van der Waals surface area contributed by atoms with E-state index in [1.807, 2.05) is 33.8 Å². The van der Waals surface area contributed by atoms with Crippen LogP contribution in [-0.2, 0) is 16.1 Å². The molecule has 1 aliphatic heterocycles. The van der Waals surface area contributed by atoms with Crippen molar-refractivity contribution in [3.63, 3.8) is 0 Å². The summed E-state index contributed by atoms with van der Waals surface area (Å²) in [6.07, 6.45) is 0. The van der Waals surface area contributed by atoms with Gasteiger partial charge in [-0.2, -0.15) is 0 Å². The molecular weight excluding hydrogens is 334 g/mol. The van der Waals surface area contributed by atoms with E-state index >= 15 is 0 Å². The van der Waals surface area contributed by atoms with Crippen molar-refractivity contribution in [1.29, 1.82) is 0 Å². The second-order valence-electron chi connectivity index (χ2n) is 8.03. The molecule has 2 heterocycles. The number of carbonyl (C=O) groups excluding carboxylic acids is 2. The Hall–Kier alpha value is -1.93. The molecule has 26 heavy (non-hydrogen) atoms. The number of nitrogens with zero attached hydrogens (tertiary/aromatic N) is 4. The van der Waals surface area contributed by atoms with Crippen molar-refractivity contribution in [3.05, 3.63) is 17.5 Å². The summed E-state index contributed by atoms with van der Waals surface area (Å²) in [6, 6.07) is 1.95. The van der Waals surface area contributed by atoms with Crippen molar-refractivity contribution in [2.75, 3.05) is 46.3 Å². The highest BCUT2D eigenvalue weighted by atomic mass is 16.5. The van der Waals surface area contributed by atoms with Crippen molar-refractivity contribution in [1.82, 2.24) is 25.2 Å². The largest absolute Gasteiger partial charge is 0.361 e. The van der Waals surface area contributed by atoms with Crippen molar-refractivity contribution >= 4 is 11.8 Å². The first kappa shape index (κ1) is 20.4. The van der Waals surface area contributed by atoms with Crippen LogP contribution >= 0.6 is 0 Å². The van der Waals surface area contributed by atoms with Gasteiger partial charge < -0.3 is 14.7 Å². The lowest BCUT2D eigenvalue weighted by atomic mass is 10.1. The van der Waals surface area contributed by atoms with E-state index in [1.54, 1.807) is 7.05 Å². The van der Waals surface area contributed by atoms with E-state index in [-0.39, 0.29) is 23.9 Å². The number of carbonyl (C=O) groups is 2. The number of piperazine rings is 1. The quantitative estimate of drug-likeness (QED) is 0.789. The Labute approximate surface area is 155 Å². The Bertz CT molecular complexity index is 615. The number of likely N-dealkylation sites (N-methyl/N-ethyl adjacent to an activating group) is 1. The van der Waals surface area contributed by atoms with Crippen LogP contribution in [0.15, 0.2) is 10.6 Å². The number of rotatable bonds is 6. The predicted octanol–water partition coefficient (Wildman–Crippen LogP) is 0.474. The summed E-state index contributed by atoms with van der Waals surface area (Å²) in [7, 11) is 1.67. The molecule has 2 amide bonds. The molecule has 1 aliphatic rings. The minimum atomic E-state index is -0.292. The maximum absolute atomic E-state index is 12.4. The zero-order valence-electron chi connectivity index (χ0n) is 16.5. The standard InChI is InChI=1S/C18H31N5O3/c1-14-10-15(20-26-14)11-22-6-8-23(9-7-22)13-17(25)21(5)12-16(24)19-18(2,3)4/h10H,6-9,11-13H2,1-5H3,(H,19,24). The fourth-order valence-electron chi connectivity index (χ4n) is 2.90. The summed E-state index contributed by atoms with van der Waals surface area (Å²) in [4.78, 5) is 30.2. The highest BCUT2D eigenvalue weighted by Gasteiger charge is 2.23. The molecule has 1 N–H and O–H groups in total. The lowest BCUT2D eigenvalue weighted by molar-refractivity contribution is -0.136. The van der Waals surface area contributed by atoms with E-state index in [2.05, 4.69) is 20.3 Å². The van der Waals surface area contributed by atoms with Gasteiger partial charge in [-0.05, 0) is 27.7 Å². The third-order valence-electron chi connectivity index (χ3n) is 4.21. The van der Waals surface area contributed by atoms with Crippen LogP contribution in [0.2, 0.25) is 0 Å². The molecule has 1 aromatic heterocycles. The minimum absolute atomic E-state index is 0.0327. The molecule has 0 unspecified atom stereocenters. The predicted molar refractivity (Wildman–Crippen MR) is 98.5 cm³/mol. The molecule has 1 aromatic rings. The normalized spacial score (nSPS) is 16.5. The first-order chi connectivity index (χ1) is 12.1. The average molecular weight is 365 g/mol. The summed E-state index contributed by atoms with van der Waals surface area (Å²) in [5.41, 5.74) is 0.649. The van der Waals surface area contributed by atoms with Gasteiger partial charge in [0.05, 0.1) is 18.8 Å². The van der Waals surface area contributed by atoms with Gasteiger partial charge in [0, 0.05) is 51.4 Å². The lowest BCUT2D eigenvalue weighted by Gasteiger charge is -2.34. The summed E-state index contributed by atoms with van der Waals surface area (Å²) >= 11 is 0. The van der Waals surface area contributed by atoms with Crippen LogP contribution in [0.5, 0.6) is 0 Å². The Kier molecular flexibility index (Phi) is 6.77. The Morgan fingerprint density at radius 2 is 1.85 bits per heavy atom. The molecule has 0 spiro atoms. The third-order valence-corrected chi connectivity index (χ3v) is 4.21. The van der Waals surface area contributed by atoms with Gasteiger partial charge in [-0.15, -0.1) is 0 Å². The summed E-state index contributed by atoms with van der Waals surface area (Å²) < 4.78 is 5.10.